The molecule has 1 atom stereocenters. The lowest BCUT2D eigenvalue weighted by molar-refractivity contribution is 0.445. The number of benzene rings is 1. The molecule has 20 heavy (non-hydrogen) atoms. The number of nitriles is 1. The molecule has 0 aliphatic rings. The standard InChI is InChI=1S/C15H17FN4/c1-11-7-19-20(9-11)10-12(2)18-8-14-4-3-13(6-17)5-15(14)16/h3-5,7,9,12,18H,8,10H2,1-2H3. The van der Waals surface area contributed by atoms with E-state index < -0.39 is 0 Å². The second-order valence-electron chi connectivity index (χ2n) is 4.94. The topological polar surface area (TPSA) is 53.6 Å². The second-order valence-corrected chi connectivity index (χ2v) is 4.94. The summed E-state index contributed by atoms with van der Waals surface area (Å²) < 4.78 is 15.6. The molecule has 0 aliphatic heterocycles. The van der Waals surface area contributed by atoms with Crippen molar-refractivity contribution in [2.75, 3.05) is 0 Å². The molecule has 1 aromatic heterocycles. The monoisotopic (exact) mass is 272 g/mol. The van der Waals surface area contributed by atoms with Crippen molar-refractivity contribution in [3.63, 3.8) is 0 Å². The minimum absolute atomic E-state index is 0.171. The Morgan fingerprint density at radius 3 is 2.90 bits per heavy atom. The molecule has 0 radical (unpaired) electrons. The van der Waals surface area contributed by atoms with Gasteiger partial charge in [0.2, 0.25) is 0 Å². The number of hydrogen-bond acceptors (Lipinski definition) is 3. The van der Waals surface area contributed by atoms with E-state index in [4.69, 9.17) is 5.26 Å². The molecule has 104 valence electrons. The number of hydrogen-bond donors (Lipinski definition) is 1. The van der Waals surface area contributed by atoms with Gasteiger partial charge in [-0.25, -0.2) is 4.39 Å². The molecule has 2 aromatic rings. The van der Waals surface area contributed by atoms with Gasteiger partial charge < -0.3 is 5.32 Å². The summed E-state index contributed by atoms with van der Waals surface area (Å²) in [5, 5.41) is 16.2. The number of aryl methyl sites for hydroxylation is 1. The van der Waals surface area contributed by atoms with Gasteiger partial charge in [0.1, 0.15) is 5.82 Å². The van der Waals surface area contributed by atoms with Crippen LogP contribution in [0.4, 0.5) is 4.39 Å². The first kappa shape index (κ1) is 14.2. The van der Waals surface area contributed by atoms with Crippen LogP contribution in [0.2, 0.25) is 0 Å². The zero-order chi connectivity index (χ0) is 14.5. The van der Waals surface area contributed by atoms with Gasteiger partial charge in [-0.3, -0.25) is 4.68 Å². The zero-order valence-corrected chi connectivity index (χ0v) is 11.6. The van der Waals surface area contributed by atoms with Crippen LogP contribution in [0.1, 0.15) is 23.6 Å². The van der Waals surface area contributed by atoms with E-state index in [1.807, 2.05) is 37.0 Å². The van der Waals surface area contributed by atoms with Crippen molar-refractivity contribution >= 4 is 0 Å². The normalized spacial score (nSPS) is 12.1. The van der Waals surface area contributed by atoms with Crippen LogP contribution in [0.25, 0.3) is 0 Å². The largest absolute Gasteiger partial charge is 0.308 e. The van der Waals surface area contributed by atoms with Crippen LogP contribution in [-0.4, -0.2) is 15.8 Å². The first-order valence-electron chi connectivity index (χ1n) is 6.49. The summed E-state index contributed by atoms with van der Waals surface area (Å²) >= 11 is 0. The summed E-state index contributed by atoms with van der Waals surface area (Å²) in [6.07, 6.45) is 3.79. The van der Waals surface area contributed by atoms with E-state index in [2.05, 4.69) is 10.4 Å². The molecule has 0 spiro atoms. The third kappa shape index (κ3) is 3.65. The van der Waals surface area contributed by atoms with Crippen molar-refractivity contribution in [1.29, 1.82) is 5.26 Å². The number of rotatable bonds is 5. The Labute approximate surface area is 117 Å². The maximum absolute atomic E-state index is 13.7. The third-order valence-corrected chi connectivity index (χ3v) is 3.05. The Bertz CT molecular complexity index is 627. The molecule has 0 aliphatic carbocycles. The van der Waals surface area contributed by atoms with Gasteiger partial charge in [-0.15, -0.1) is 0 Å². The van der Waals surface area contributed by atoms with E-state index in [-0.39, 0.29) is 11.9 Å². The van der Waals surface area contributed by atoms with Crippen molar-refractivity contribution in [3.05, 3.63) is 53.1 Å². The average Bonchev–Trinajstić information content (AvgIpc) is 2.82. The lowest BCUT2D eigenvalue weighted by Crippen LogP contribution is -2.30. The summed E-state index contributed by atoms with van der Waals surface area (Å²) in [7, 11) is 0. The molecule has 0 bridgehead atoms. The highest BCUT2D eigenvalue weighted by Gasteiger charge is 2.07. The Hall–Kier alpha value is -2.19. The van der Waals surface area contributed by atoms with E-state index in [1.54, 1.807) is 12.1 Å². The molecule has 1 unspecified atom stereocenters. The smallest absolute Gasteiger partial charge is 0.129 e. The summed E-state index contributed by atoms with van der Waals surface area (Å²) in [6.45, 7) is 5.18. The van der Waals surface area contributed by atoms with Crippen LogP contribution >= 0.6 is 0 Å². The predicted molar refractivity (Wildman–Crippen MR) is 74.4 cm³/mol. The highest BCUT2D eigenvalue weighted by Crippen LogP contribution is 2.10. The summed E-state index contributed by atoms with van der Waals surface area (Å²) in [6, 6.07) is 6.63. The van der Waals surface area contributed by atoms with Crippen LogP contribution < -0.4 is 5.32 Å². The number of aromatic nitrogens is 2. The van der Waals surface area contributed by atoms with Gasteiger partial charge in [-0.1, -0.05) is 6.07 Å². The summed E-state index contributed by atoms with van der Waals surface area (Å²) in [5.74, 6) is -0.348. The van der Waals surface area contributed by atoms with Gasteiger partial charge >= 0.3 is 0 Å². The Morgan fingerprint density at radius 2 is 2.30 bits per heavy atom. The molecule has 0 saturated heterocycles. The Morgan fingerprint density at radius 1 is 1.50 bits per heavy atom. The summed E-state index contributed by atoms with van der Waals surface area (Å²) in [4.78, 5) is 0. The number of nitrogens with zero attached hydrogens (tertiary/aromatic N) is 3. The van der Waals surface area contributed by atoms with Crippen LogP contribution in [0.5, 0.6) is 0 Å². The van der Waals surface area contributed by atoms with Crippen LogP contribution in [-0.2, 0) is 13.1 Å². The van der Waals surface area contributed by atoms with E-state index in [9.17, 15) is 4.39 Å². The molecule has 4 nitrogen and oxygen atoms in total. The molecule has 2 rings (SSSR count). The summed E-state index contributed by atoms with van der Waals surface area (Å²) in [5.41, 5.74) is 2.02. The van der Waals surface area contributed by atoms with Crippen molar-refractivity contribution in [3.8, 4) is 6.07 Å². The molecular formula is C15H17FN4. The molecule has 0 amide bonds. The third-order valence-electron chi connectivity index (χ3n) is 3.05. The lowest BCUT2D eigenvalue weighted by Gasteiger charge is -2.14. The molecular weight excluding hydrogens is 255 g/mol. The number of halogens is 1. The highest BCUT2D eigenvalue weighted by atomic mass is 19.1. The SMILES string of the molecule is Cc1cnn(CC(C)NCc2ccc(C#N)cc2F)c1. The maximum atomic E-state index is 13.7. The molecule has 5 heteroatoms. The number of nitrogens with one attached hydrogen (secondary N) is 1. The van der Waals surface area contributed by atoms with Crippen molar-refractivity contribution in [2.45, 2.75) is 33.0 Å². The fourth-order valence-electron chi connectivity index (χ4n) is 1.96. The van der Waals surface area contributed by atoms with Crippen LogP contribution in [0.15, 0.2) is 30.6 Å². The lowest BCUT2D eigenvalue weighted by atomic mass is 10.1. The van der Waals surface area contributed by atoms with E-state index in [1.165, 1.54) is 6.07 Å². The highest BCUT2D eigenvalue weighted by molar-refractivity contribution is 5.32. The molecule has 1 heterocycles. The zero-order valence-electron chi connectivity index (χ0n) is 11.6. The van der Waals surface area contributed by atoms with Crippen molar-refractivity contribution < 1.29 is 4.39 Å². The fourth-order valence-corrected chi connectivity index (χ4v) is 1.96. The average molecular weight is 272 g/mol. The van der Waals surface area contributed by atoms with E-state index in [0.29, 0.717) is 17.7 Å². The van der Waals surface area contributed by atoms with E-state index in [0.717, 1.165) is 12.1 Å². The quantitative estimate of drug-likeness (QED) is 0.909. The van der Waals surface area contributed by atoms with Crippen LogP contribution in [0.3, 0.4) is 0 Å². The van der Waals surface area contributed by atoms with Crippen molar-refractivity contribution in [2.24, 2.45) is 0 Å². The van der Waals surface area contributed by atoms with Gasteiger partial charge in [0, 0.05) is 24.3 Å². The minimum Gasteiger partial charge on any atom is -0.308 e. The first-order chi connectivity index (χ1) is 9.58. The van der Waals surface area contributed by atoms with Gasteiger partial charge in [0.25, 0.3) is 0 Å². The van der Waals surface area contributed by atoms with Gasteiger partial charge in [0.15, 0.2) is 0 Å². The fraction of sp³-hybridized carbons (Fsp3) is 0.333. The maximum Gasteiger partial charge on any atom is 0.129 e. The van der Waals surface area contributed by atoms with Gasteiger partial charge in [-0.2, -0.15) is 10.4 Å². The van der Waals surface area contributed by atoms with Crippen molar-refractivity contribution in [1.82, 2.24) is 15.1 Å². The predicted octanol–water partition coefficient (Wildman–Crippen LogP) is 2.38. The first-order valence-corrected chi connectivity index (χ1v) is 6.49. The second kappa shape index (κ2) is 6.31. The molecule has 1 aromatic carbocycles. The minimum atomic E-state index is -0.348. The Balaban J connectivity index is 1.90. The molecule has 1 N–H and O–H groups in total. The van der Waals surface area contributed by atoms with Gasteiger partial charge in [0.05, 0.1) is 24.4 Å². The molecule has 0 fully saturated rings. The van der Waals surface area contributed by atoms with E-state index >= 15 is 0 Å². The Kier molecular flexibility index (Phi) is 4.49. The van der Waals surface area contributed by atoms with Gasteiger partial charge in [-0.05, 0) is 31.5 Å². The van der Waals surface area contributed by atoms with Crippen LogP contribution in [0, 0.1) is 24.1 Å². The molecule has 0 saturated carbocycles.